The zero-order valence-corrected chi connectivity index (χ0v) is 7.12. The lowest BCUT2D eigenvalue weighted by atomic mass is 10.3. The van der Waals surface area contributed by atoms with E-state index in [1.54, 1.807) is 0 Å². The molecule has 0 unspecified atom stereocenters. The molecule has 0 aliphatic carbocycles. The van der Waals surface area contributed by atoms with Crippen molar-refractivity contribution in [3.8, 4) is 5.75 Å². The second kappa shape index (κ2) is 3.86. The Kier molecular flexibility index (Phi) is 2.81. The van der Waals surface area contributed by atoms with Crippen molar-refractivity contribution in [2.75, 3.05) is 0 Å². The number of hydrogen-bond donors (Lipinski definition) is 1. The lowest BCUT2D eigenvalue weighted by Gasteiger charge is -2.03. The van der Waals surface area contributed by atoms with Crippen LogP contribution in [0.5, 0.6) is 5.75 Å². The average molecular weight is 201 g/mol. The number of aromatic nitrogens is 1. The van der Waals surface area contributed by atoms with Crippen molar-refractivity contribution < 1.29 is 14.3 Å². The molecule has 0 radical (unpaired) electrons. The van der Waals surface area contributed by atoms with E-state index in [1.165, 1.54) is 12.3 Å². The first-order valence-electron chi connectivity index (χ1n) is 3.22. The van der Waals surface area contributed by atoms with Crippen molar-refractivity contribution in [3.63, 3.8) is 0 Å². The third kappa shape index (κ3) is 2.16. The van der Waals surface area contributed by atoms with Gasteiger partial charge in [-0.25, -0.2) is 9.78 Å². The van der Waals surface area contributed by atoms with Crippen LogP contribution in [0.3, 0.4) is 0 Å². The summed E-state index contributed by atoms with van der Waals surface area (Å²) in [6.45, 7) is 0. The van der Waals surface area contributed by atoms with Gasteiger partial charge in [0.2, 0.25) is 0 Å². The van der Waals surface area contributed by atoms with Crippen molar-refractivity contribution in [1.29, 1.82) is 0 Å². The number of aldehydes is 1. The Labute approximate surface area is 78.5 Å². The molecule has 68 valence electrons. The summed E-state index contributed by atoms with van der Waals surface area (Å²) in [5.74, 6) is 0.00231. The molecule has 0 saturated heterocycles. The molecule has 0 aliphatic rings. The number of nitrogens with two attached hydrogens (primary N) is 1. The number of carbonyl (C=O) groups is 2. The zero-order chi connectivity index (χ0) is 9.84. The summed E-state index contributed by atoms with van der Waals surface area (Å²) in [5.41, 5.74) is 4.76. The Balaban J connectivity index is 3.12. The third-order valence-electron chi connectivity index (χ3n) is 1.23. The highest BCUT2D eigenvalue weighted by Crippen LogP contribution is 2.21. The van der Waals surface area contributed by atoms with Crippen LogP contribution in [0.4, 0.5) is 4.79 Å². The van der Waals surface area contributed by atoms with E-state index >= 15 is 0 Å². The Morgan fingerprint density at radius 3 is 2.92 bits per heavy atom. The van der Waals surface area contributed by atoms with Crippen LogP contribution in [0.2, 0.25) is 5.15 Å². The highest BCUT2D eigenvalue weighted by atomic mass is 35.5. The fraction of sp³-hybridized carbons (Fsp3) is 0. The van der Waals surface area contributed by atoms with Crippen LogP contribution >= 0.6 is 11.6 Å². The summed E-state index contributed by atoms with van der Waals surface area (Å²) < 4.78 is 4.50. The first-order chi connectivity index (χ1) is 6.15. The predicted octanol–water partition coefficient (Wildman–Crippen LogP) is 1.01. The lowest BCUT2D eigenvalue weighted by Crippen LogP contribution is -2.17. The first kappa shape index (κ1) is 9.47. The molecule has 1 heterocycles. The number of nitrogens with zero attached hydrogens (tertiary/aromatic N) is 1. The maximum atomic E-state index is 10.5. The van der Waals surface area contributed by atoms with Gasteiger partial charge in [-0.15, -0.1) is 0 Å². The van der Waals surface area contributed by atoms with Gasteiger partial charge in [0.25, 0.3) is 0 Å². The van der Waals surface area contributed by atoms with Gasteiger partial charge in [0.05, 0.1) is 5.56 Å². The Bertz CT molecular complexity index is 354. The normalized spacial score (nSPS) is 9.31. The summed E-state index contributed by atoms with van der Waals surface area (Å²) in [5, 5.41) is -0.0336. The maximum absolute atomic E-state index is 10.5. The molecular formula is C7H5ClN2O3. The minimum absolute atomic E-state index is 0.00231. The van der Waals surface area contributed by atoms with E-state index in [1.807, 2.05) is 0 Å². The molecule has 0 spiro atoms. The van der Waals surface area contributed by atoms with Crippen LogP contribution < -0.4 is 10.5 Å². The first-order valence-corrected chi connectivity index (χ1v) is 3.60. The summed E-state index contributed by atoms with van der Waals surface area (Å²) in [6, 6.07) is 1.32. The van der Waals surface area contributed by atoms with Gasteiger partial charge in [-0.2, -0.15) is 0 Å². The number of hydrogen-bond acceptors (Lipinski definition) is 4. The summed E-state index contributed by atoms with van der Waals surface area (Å²) in [7, 11) is 0. The van der Waals surface area contributed by atoms with Crippen LogP contribution in [0.15, 0.2) is 12.3 Å². The molecule has 0 aromatic carbocycles. The number of amides is 1. The monoisotopic (exact) mass is 200 g/mol. The fourth-order valence-electron chi connectivity index (χ4n) is 0.735. The molecular weight excluding hydrogens is 196 g/mol. The second-order valence-corrected chi connectivity index (χ2v) is 2.41. The van der Waals surface area contributed by atoms with E-state index in [0.717, 1.165) is 0 Å². The Morgan fingerprint density at radius 1 is 1.69 bits per heavy atom. The van der Waals surface area contributed by atoms with Crippen molar-refractivity contribution >= 4 is 24.0 Å². The molecule has 1 aromatic rings. The highest BCUT2D eigenvalue weighted by Gasteiger charge is 2.09. The quantitative estimate of drug-likeness (QED) is 0.570. The lowest BCUT2D eigenvalue weighted by molar-refractivity contribution is 0.112. The van der Waals surface area contributed by atoms with Gasteiger partial charge >= 0.3 is 6.09 Å². The van der Waals surface area contributed by atoms with E-state index in [-0.39, 0.29) is 16.5 Å². The minimum atomic E-state index is -1.01. The van der Waals surface area contributed by atoms with E-state index < -0.39 is 6.09 Å². The van der Waals surface area contributed by atoms with Crippen LogP contribution in [0.1, 0.15) is 10.4 Å². The average Bonchev–Trinajstić information content (AvgIpc) is 2.03. The van der Waals surface area contributed by atoms with Gasteiger partial charge in [0, 0.05) is 12.3 Å². The van der Waals surface area contributed by atoms with Crippen LogP contribution in [0.25, 0.3) is 0 Å². The van der Waals surface area contributed by atoms with Gasteiger partial charge in [0.15, 0.2) is 6.29 Å². The van der Waals surface area contributed by atoms with Crippen molar-refractivity contribution in [2.45, 2.75) is 0 Å². The van der Waals surface area contributed by atoms with Crippen LogP contribution in [-0.4, -0.2) is 17.4 Å². The molecule has 0 bridgehead atoms. The topological polar surface area (TPSA) is 82.3 Å². The largest absolute Gasteiger partial charge is 0.410 e. The summed E-state index contributed by atoms with van der Waals surface area (Å²) in [4.78, 5) is 24.5. The fourth-order valence-corrected chi connectivity index (χ4v) is 0.929. The number of rotatable bonds is 2. The Hall–Kier alpha value is -1.62. The maximum Gasteiger partial charge on any atom is 0.409 e. The van der Waals surface area contributed by atoms with Crippen molar-refractivity contribution in [1.82, 2.24) is 4.98 Å². The molecule has 1 aromatic heterocycles. The minimum Gasteiger partial charge on any atom is -0.410 e. The number of primary amides is 1. The predicted molar refractivity (Wildman–Crippen MR) is 44.8 cm³/mol. The van der Waals surface area contributed by atoms with Crippen molar-refractivity contribution in [2.24, 2.45) is 5.73 Å². The molecule has 0 fully saturated rings. The van der Waals surface area contributed by atoms with Crippen molar-refractivity contribution in [3.05, 3.63) is 23.0 Å². The number of pyridine rings is 1. The van der Waals surface area contributed by atoms with Gasteiger partial charge in [0.1, 0.15) is 10.9 Å². The van der Waals surface area contributed by atoms with E-state index in [2.05, 4.69) is 9.72 Å². The molecule has 5 nitrogen and oxygen atoms in total. The SMILES string of the molecule is NC(=O)Oc1ccnc(Cl)c1C=O. The molecule has 0 atom stereocenters. The molecule has 13 heavy (non-hydrogen) atoms. The van der Waals surface area contributed by atoms with E-state index in [9.17, 15) is 9.59 Å². The number of halogens is 1. The summed E-state index contributed by atoms with van der Waals surface area (Å²) >= 11 is 5.54. The van der Waals surface area contributed by atoms with Gasteiger partial charge in [-0.1, -0.05) is 11.6 Å². The molecule has 1 rings (SSSR count). The van der Waals surface area contributed by atoms with Gasteiger partial charge < -0.3 is 10.5 Å². The summed E-state index contributed by atoms with van der Waals surface area (Å²) in [6.07, 6.45) is 0.728. The smallest absolute Gasteiger partial charge is 0.409 e. The van der Waals surface area contributed by atoms with Gasteiger partial charge in [-0.05, 0) is 0 Å². The van der Waals surface area contributed by atoms with Gasteiger partial charge in [-0.3, -0.25) is 4.79 Å². The van der Waals surface area contributed by atoms with E-state index in [0.29, 0.717) is 6.29 Å². The number of ether oxygens (including phenoxy) is 1. The molecule has 1 amide bonds. The Morgan fingerprint density at radius 2 is 2.38 bits per heavy atom. The third-order valence-corrected chi connectivity index (χ3v) is 1.53. The standard InChI is InChI=1S/C7H5ClN2O3/c8-6-4(3-11)5(1-2-10-6)13-7(9)12/h1-3H,(H2,9,12). The second-order valence-electron chi connectivity index (χ2n) is 2.05. The van der Waals surface area contributed by atoms with Crippen LogP contribution in [0, 0.1) is 0 Å². The highest BCUT2D eigenvalue weighted by molar-refractivity contribution is 6.32. The molecule has 2 N–H and O–H groups in total. The number of carbonyl (C=O) groups excluding carboxylic acids is 2. The zero-order valence-electron chi connectivity index (χ0n) is 6.36. The van der Waals surface area contributed by atoms with E-state index in [4.69, 9.17) is 17.3 Å². The van der Waals surface area contributed by atoms with Crippen LogP contribution in [-0.2, 0) is 0 Å². The molecule has 0 aliphatic heterocycles. The molecule has 0 saturated carbocycles. The molecule has 6 heteroatoms.